The summed E-state index contributed by atoms with van der Waals surface area (Å²) in [4.78, 5) is 15.6. The van der Waals surface area contributed by atoms with Crippen molar-refractivity contribution in [3.05, 3.63) is 46.0 Å². The van der Waals surface area contributed by atoms with E-state index >= 15 is 0 Å². The molecule has 0 aliphatic carbocycles. The van der Waals surface area contributed by atoms with Gasteiger partial charge in [0.15, 0.2) is 0 Å². The molecule has 5 nitrogen and oxygen atoms in total. The van der Waals surface area contributed by atoms with E-state index in [0.717, 1.165) is 5.56 Å². The summed E-state index contributed by atoms with van der Waals surface area (Å²) >= 11 is 11.5. The normalized spacial score (nSPS) is 10.5. The number of hydrogen-bond donors (Lipinski definition) is 1. The molecule has 100 valence electrons. The fourth-order valence-electron chi connectivity index (χ4n) is 1.57. The lowest BCUT2D eigenvalue weighted by atomic mass is 10.2. The number of rotatable bonds is 4. The first kappa shape index (κ1) is 13.8. The second-order valence-corrected chi connectivity index (χ2v) is 4.81. The van der Waals surface area contributed by atoms with Gasteiger partial charge in [0.2, 0.25) is 0 Å². The van der Waals surface area contributed by atoms with Crippen molar-refractivity contribution >= 4 is 29.1 Å². The van der Waals surface area contributed by atoms with Crippen LogP contribution in [-0.4, -0.2) is 27.2 Å². The van der Waals surface area contributed by atoms with Gasteiger partial charge in [-0.15, -0.1) is 0 Å². The van der Waals surface area contributed by atoms with E-state index in [1.54, 1.807) is 10.9 Å². The second kappa shape index (κ2) is 6.04. The molecule has 0 atom stereocenters. The van der Waals surface area contributed by atoms with Crippen LogP contribution in [0.3, 0.4) is 0 Å². The molecule has 0 unspecified atom stereocenters. The predicted molar refractivity (Wildman–Crippen MR) is 73.6 cm³/mol. The minimum Gasteiger partial charge on any atom is -0.350 e. The summed E-state index contributed by atoms with van der Waals surface area (Å²) in [5, 5.41) is 7.28. The molecule has 2 heterocycles. The molecule has 0 spiro atoms. The van der Waals surface area contributed by atoms with E-state index in [1.807, 2.05) is 13.1 Å². The molecular weight excluding hydrogens is 287 g/mol. The number of amides is 1. The van der Waals surface area contributed by atoms with Crippen molar-refractivity contribution in [3.63, 3.8) is 0 Å². The number of aryl methyl sites for hydroxylation is 1. The Balaban J connectivity index is 1.90. The summed E-state index contributed by atoms with van der Waals surface area (Å²) in [6, 6.07) is 2.95. The van der Waals surface area contributed by atoms with E-state index in [-0.39, 0.29) is 16.2 Å². The van der Waals surface area contributed by atoms with Crippen LogP contribution < -0.4 is 5.32 Å². The zero-order chi connectivity index (χ0) is 13.8. The van der Waals surface area contributed by atoms with Gasteiger partial charge in [0, 0.05) is 18.3 Å². The summed E-state index contributed by atoms with van der Waals surface area (Å²) in [7, 11) is 0. The van der Waals surface area contributed by atoms with Crippen molar-refractivity contribution in [2.45, 2.75) is 13.5 Å². The minimum absolute atomic E-state index is 0.195. The molecule has 2 rings (SSSR count). The van der Waals surface area contributed by atoms with Crippen LogP contribution in [0.25, 0.3) is 0 Å². The Kier molecular flexibility index (Phi) is 4.39. The van der Waals surface area contributed by atoms with E-state index in [9.17, 15) is 4.79 Å². The molecule has 1 amide bonds. The van der Waals surface area contributed by atoms with Crippen LogP contribution in [0.15, 0.2) is 24.5 Å². The van der Waals surface area contributed by atoms with Crippen LogP contribution in [0.5, 0.6) is 0 Å². The molecular formula is C12H12Cl2N4O. The third-order valence-corrected chi connectivity index (χ3v) is 2.80. The van der Waals surface area contributed by atoms with Gasteiger partial charge >= 0.3 is 0 Å². The number of aromatic nitrogens is 3. The molecule has 0 saturated heterocycles. The van der Waals surface area contributed by atoms with Gasteiger partial charge < -0.3 is 5.32 Å². The average Bonchev–Trinajstić information content (AvgIpc) is 2.73. The Morgan fingerprint density at radius 2 is 2.05 bits per heavy atom. The molecule has 0 bridgehead atoms. The third kappa shape index (κ3) is 3.94. The SMILES string of the molecule is Cc1cnn(CCNC(=O)c2cc(Cl)nc(Cl)c2)c1. The van der Waals surface area contributed by atoms with E-state index in [0.29, 0.717) is 18.7 Å². The van der Waals surface area contributed by atoms with Crippen LogP contribution in [0.1, 0.15) is 15.9 Å². The summed E-state index contributed by atoms with van der Waals surface area (Å²) in [6.45, 7) is 3.03. The number of nitrogens with one attached hydrogen (secondary N) is 1. The molecule has 1 N–H and O–H groups in total. The first-order valence-corrected chi connectivity index (χ1v) is 6.40. The van der Waals surface area contributed by atoms with Gasteiger partial charge in [-0.3, -0.25) is 9.48 Å². The Bertz CT molecular complexity index is 577. The minimum atomic E-state index is -0.241. The maximum Gasteiger partial charge on any atom is 0.251 e. The van der Waals surface area contributed by atoms with Gasteiger partial charge in [-0.1, -0.05) is 23.2 Å². The van der Waals surface area contributed by atoms with Crippen molar-refractivity contribution in [1.29, 1.82) is 0 Å². The zero-order valence-electron chi connectivity index (χ0n) is 10.2. The van der Waals surface area contributed by atoms with Gasteiger partial charge in [0.05, 0.1) is 12.7 Å². The maximum absolute atomic E-state index is 11.9. The van der Waals surface area contributed by atoms with Crippen LogP contribution in [-0.2, 0) is 6.54 Å². The number of nitrogens with zero attached hydrogens (tertiary/aromatic N) is 3. The highest BCUT2D eigenvalue weighted by Crippen LogP contribution is 2.14. The fraction of sp³-hybridized carbons (Fsp3) is 0.250. The van der Waals surface area contributed by atoms with E-state index < -0.39 is 0 Å². The number of carbonyl (C=O) groups excluding carboxylic acids is 1. The predicted octanol–water partition coefficient (Wildman–Crippen LogP) is 2.32. The van der Waals surface area contributed by atoms with Crippen molar-refractivity contribution in [1.82, 2.24) is 20.1 Å². The average molecular weight is 299 g/mol. The largest absolute Gasteiger partial charge is 0.350 e. The number of hydrogen-bond acceptors (Lipinski definition) is 3. The van der Waals surface area contributed by atoms with Crippen molar-refractivity contribution < 1.29 is 4.79 Å². The van der Waals surface area contributed by atoms with Gasteiger partial charge in [-0.05, 0) is 24.6 Å². The molecule has 0 aliphatic heterocycles. The number of pyridine rings is 1. The Morgan fingerprint density at radius 3 is 2.63 bits per heavy atom. The second-order valence-electron chi connectivity index (χ2n) is 4.04. The quantitative estimate of drug-likeness (QED) is 0.881. The van der Waals surface area contributed by atoms with Crippen LogP contribution >= 0.6 is 23.2 Å². The standard InChI is InChI=1S/C12H12Cl2N4O/c1-8-6-16-18(7-8)3-2-15-12(19)9-4-10(13)17-11(14)5-9/h4-7H,2-3H2,1H3,(H,15,19). The smallest absolute Gasteiger partial charge is 0.251 e. The molecule has 0 radical (unpaired) electrons. The highest BCUT2D eigenvalue weighted by molar-refractivity contribution is 6.33. The van der Waals surface area contributed by atoms with Gasteiger partial charge in [0.1, 0.15) is 10.3 Å². The van der Waals surface area contributed by atoms with Crippen LogP contribution in [0.4, 0.5) is 0 Å². The lowest BCUT2D eigenvalue weighted by molar-refractivity contribution is 0.0952. The van der Waals surface area contributed by atoms with E-state index in [4.69, 9.17) is 23.2 Å². The van der Waals surface area contributed by atoms with Crippen molar-refractivity contribution in [3.8, 4) is 0 Å². The molecule has 7 heteroatoms. The van der Waals surface area contributed by atoms with E-state index in [1.165, 1.54) is 12.1 Å². The molecule has 0 fully saturated rings. The van der Waals surface area contributed by atoms with Gasteiger partial charge in [-0.2, -0.15) is 5.10 Å². The first-order chi connectivity index (χ1) is 9.04. The molecule has 0 saturated carbocycles. The summed E-state index contributed by atoms with van der Waals surface area (Å²) in [6.07, 6.45) is 3.68. The molecule has 2 aromatic heterocycles. The lowest BCUT2D eigenvalue weighted by Crippen LogP contribution is -2.27. The molecule has 0 aromatic carbocycles. The Labute approximate surface area is 120 Å². The Hall–Kier alpha value is -1.59. The van der Waals surface area contributed by atoms with Crippen LogP contribution in [0.2, 0.25) is 10.3 Å². The number of carbonyl (C=O) groups is 1. The number of halogens is 2. The van der Waals surface area contributed by atoms with Gasteiger partial charge in [-0.25, -0.2) is 4.98 Å². The summed E-state index contributed by atoms with van der Waals surface area (Å²) in [5.74, 6) is -0.241. The fourth-order valence-corrected chi connectivity index (χ4v) is 2.03. The molecule has 2 aromatic rings. The topological polar surface area (TPSA) is 59.8 Å². The molecule has 19 heavy (non-hydrogen) atoms. The highest BCUT2D eigenvalue weighted by Gasteiger charge is 2.08. The molecule has 0 aliphatic rings. The monoisotopic (exact) mass is 298 g/mol. The third-order valence-electron chi connectivity index (χ3n) is 2.41. The Morgan fingerprint density at radius 1 is 1.37 bits per heavy atom. The lowest BCUT2D eigenvalue weighted by Gasteiger charge is -2.06. The van der Waals surface area contributed by atoms with Crippen LogP contribution in [0, 0.1) is 6.92 Å². The first-order valence-electron chi connectivity index (χ1n) is 5.65. The van der Waals surface area contributed by atoms with Crippen molar-refractivity contribution in [2.24, 2.45) is 0 Å². The van der Waals surface area contributed by atoms with Crippen molar-refractivity contribution in [2.75, 3.05) is 6.54 Å². The summed E-state index contributed by atoms with van der Waals surface area (Å²) < 4.78 is 1.77. The summed E-state index contributed by atoms with van der Waals surface area (Å²) in [5.41, 5.74) is 1.47. The van der Waals surface area contributed by atoms with Gasteiger partial charge in [0.25, 0.3) is 5.91 Å². The zero-order valence-corrected chi connectivity index (χ0v) is 11.7. The maximum atomic E-state index is 11.9. The van der Waals surface area contributed by atoms with E-state index in [2.05, 4.69) is 15.4 Å². The highest BCUT2D eigenvalue weighted by atomic mass is 35.5.